The van der Waals surface area contributed by atoms with Gasteiger partial charge in [-0.3, -0.25) is 14.4 Å². The maximum atomic E-state index is 12.8. The monoisotopic (exact) mass is 903 g/mol. The van der Waals surface area contributed by atoms with Crippen molar-refractivity contribution in [2.75, 3.05) is 54.3 Å². The Morgan fingerprint density at radius 3 is 0.750 bits per heavy atom. The van der Waals surface area contributed by atoms with Crippen LogP contribution in [0.1, 0.15) is 246 Å². The molecular formula is C51H98O6S3. The number of hydrogen-bond donors (Lipinski definition) is 0. The van der Waals surface area contributed by atoms with Gasteiger partial charge >= 0.3 is 17.9 Å². The number of esters is 3. The fourth-order valence-electron chi connectivity index (χ4n) is 7.20. The van der Waals surface area contributed by atoms with Crippen LogP contribution in [-0.2, 0) is 28.6 Å². The fourth-order valence-corrected chi connectivity index (χ4v) is 9.97. The summed E-state index contributed by atoms with van der Waals surface area (Å²) in [5, 5.41) is 0. The molecule has 0 aliphatic carbocycles. The highest BCUT2D eigenvalue weighted by molar-refractivity contribution is 7.99. The molecular weight excluding hydrogens is 805 g/mol. The van der Waals surface area contributed by atoms with Crippen molar-refractivity contribution in [1.29, 1.82) is 0 Å². The molecule has 0 fully saturated rings. The largest absolute Gasteiger partial charge is 0.465 e. The molecule has 0 bridgehead atoms. The molecule has 0 unspecified atom stereocenters. The van der Waals surface area contributed by atoms with E-state index in [1.165, 1.54) is 193 Å². The first-order valence-corrected chi connectivity index (χ1v) is 29.1. The fraction of sp³-hybridized carbons (Fsp3) is 0.941. The van der Waals surface area contributed by atoms with E-state index in [1.54, 1.807) is 0 Å². The summed E-state index contributed by atoms with van der Waals surface area (Å²) in [5.41, 5.74) is -0.754. The van der Waals surface area contributed by atoms with Crippen molar-refractivity contribution >= 4 is 53.2 Å². The van der Waals surface area contributed by atoms with Crippen LogP contribution in [-0.4, -0.2) is 72.2 Å². The second-order valence-electron chi connectivity index (χ2n) is 17.5. The van der Waals surface area contributed by atoms with Crippen molar-refractivity contribution in [3.8, 4) is 0 Å². The molecule has 0 aromatic heterocycles. The van der Waals surface area contributed by atoms with Gasteiger partial charge in [-0.05, 0) is 42.9 Å². The third kappa shape index (κ3) is 42.7. The van der Waals surface area contributed by atoms with Crippen LogP contribution in [0.4, 0.5) is 0 Å². The second kappa shape index (κ2) is 47.9. The smallest absolute Gasteiger partial charge is 0.306 e. The van der Waals surface area contributed by atoms with Crippen molar-refractivity contribution in [2.45, 2.75) is 246 Å². The van der Waals surface area contributed by atoms with Crippen LogP contribution >= 0.6 is 35.3 Å². The molecule has 0 atom stereocenters. The molecule has 60 heavy (non-hydrogen) atoms. The number of carbonyl (C=O) groups excluding carboxylic acids is 3. The van der Waals surface area contributed by atoms with Gasteiger partial charge in [-0.25, -0.2) is 0 Å². The molecule has 0 rings (SSSR count). The summed E-state index contributed by atoms with van der Waals surface area (Å²) in [7, 11) is 0. The van der Waals surface area contributed by atoms with Gasteiger partial charge in [0.05, 0.1) is 24.7 Å². The topological polar surface area (TPSA) is 78.9 Å². The Morgan fingerprint density at radius 1 is 0.317 bits per heavy atom. The predicted molar refractivity (Wildman–Crippen MR) is 267 cm³/mol. The Balaban J connectivity index is 4.56. The molecule has 0 amide bonds. The quantitative estimate of drug-likeness (QED) is 0.0337. The zero-order valence-electron chi connectivity index (χ0n) is 40.1. The van der Waals surface area contributed by atoms with E-state index in [0.717, 1.165) is 34.5 Å². The van der Waals surface area contributed by atoms with Crippen LogP contribution in [0.15, 0.2) is 0 Å². The molecule has 0 N–H and O–H groups in total. The minimum absolute atomic E-state index is 0.0764. The molecule has 9 heteroatoms. The lowest BCUT2D eigenvalue weighted by Crippen LogP contribution is -2.39. The highest BCUT2D eigenvalue weighted by Gasteiger charge is 2.34. The van der Waals surface area contributed by atoms with E-state index in [9.17, 15) is 14.4 Å². The number of carbonyl (C=O) groups is 3. The van der Waals surface area contributed by atoms with E-state index in [2.05, 4.69) is 20.8 Å². The van der Waals surface area contributed by atoms with E-state index in [0.29, 0.717) is 25.7 Å². The number of rotatable bonds is 49. The highest BCUT2D eigenvalue weighted by Crippen LogP contribution is 2.26. The lowest BCUT2D eigenvalue weighted by Gasteiger charge is -2.31. The van der Waals surface area contributed by atoms with Gasteiger partial charge in [-0.1, -0.05) is 201 Å². The Bertz CT molecular complexity index is 822. The van der Waals surface area contributed by atoms with Crippen molar-refractivity contribution in [3.05, 3.63) is 0 Å². The third-order valence-electron chi connectivity index (χ3n) is 11.6. The number of thioether (sulfide) groups is 3. The molecule has 0 spiro atoms. The maximum absolute atomic E-state index is 12.8. The van der Waals surface area contributed by atoms with Crippen LogP contribution in [0.2, 0.25) is 0 Å². The van der Waals surface area contributed by atoms with Gasteiger partial charge in [-0.15, -0.1) is 0 Å². The van der Waals surface area contributed by atoms with Crippen molar-refractivity contribution in [1.82, 2.24) is 0 Å². The van der Waals surface area contributed by atoms with Crippen LogP contribution in [0.5, 0.6) is 0 Å². The van der Waals surface area contributed by atoms with Gasteiger partial charge in [-0.2, -0.15) is 35.3 Å². The summed E-state index contributed by atoms with van der Waals surface area (Å²) in [6.07, 6.45) is 41.5. The number of hydrogen-bond acceptors (Lipinski definition) is 9. The third-order valence-corrected chi connectivity index (χ3v) is 14.9. The first kappa shape index (κ1) is 59.5. The van der Waals surface area contributed by atoms with E-state index in [4.69, 9.17) is 14.2 Å². The minimum Gasteiger partial charge on any atom is -0.465 e. The zero-order valence-corrected chi connectivity index (χ0v) is 42.5. The molecule has 0 saturated carbocycles. The maximum Gasteiger partial charge on any atom is 0.306 e. The molecule has 0 heterocycles. The van der Waals surface area contributed by atoms with E-state index in [1.807, 2.05) is 42.2 Å². The first-order valence-electron chi connectivity index (χ1n) is 25.6. The molecule has 0 aliphatic heterocycles. The molecule has 356 valence electrons. The molecule has 0 saturated heterocycles. The van der Waals surface area contributed by atoms with Crippen LogP contribution in [0, 0.1) is 5.41 Å². The summed E-state index contributed by atoms with van der Waals surface area (Å²) < 4.78 is 17.4. The van der Waals surface area contributed by atoms with Gasteiger partial charge < -0.3 is 14.2 Å². The standard InChI is InChI=1S/C51H98O6S3/c1-5-9-12-15-18-21-24-27-30-33-39-58-42-36-48(52)55-45-51(8-4,46-56-49(53)37-43-59-40-34-31-28-25-22-19-16-13-10-6-2)47-57-50(54)38-44-60-41-35-32-29-26-23-20-17-14-11-7-3/h5-47H2,1-4H3. The first-order chi connectivity index (χ1) is 29.4. The summed E-state index contributed by atoms with van der Waals surface area (Å²) in [4.78, 5) is 38.5. The van der Waals surface area contributed by atoms with Gasteiger partial charge in [0.1, 0.15) is 19.8 Å². The van der Waals surface area contributed by atoms with E-state index >= 15 is 0 Å². The molecule has 0 aliphatic rings. The molecule has 0 radical (unpaired) electrons. The summed E-state index contributed by atoms with van der Waals surface area (Å²) >= 11 is 5.46. The summed E-state index contributed by atoms with van der Waals surface area (Å²) in [5.74, 6) is 4.72. The summed E-state index contributed by atoms with van der Waals surface area (Å²) in [6, 6.07) is 0. The number of unbranched alkanes of at least 4 members (excludes halogenated alkanes) is 27. The Hall–Kier alpha value is -0.540. The minimum atomic E-state index is -0.754. The van der Waals surface area contributed by atoms with Gasteiger partial charge in [0, 0.05) is 17.3 Å². The SMILES string of the molecule is CCCCCCCCCCCCSCCC(=O)OCC(CC)(COC(=O)CCSCCCCCCCCCCCC)COC(=O)CCSCCCCCCCCCCCC. The average Bonchev–Trinajstić information content (AvgIpc) is 3.25. The lowest BCUT2D eigenvalue weighted by molar-refractivity contribution is -0.161. The van der Waals surface area contributed by atoms with Crippen molar-refractivity contribution in [2.24, 2.45) is 5.41 Å². The average molecular weight is 904 g/mol. The Kier molecular flexibility index (Phi) is 47.5. The van der Waals surface area contributed by atoms with Crippen LogP contribution in [0.25, 0.3) is 0 Å². The van der Waals surface area contributed by atoms with Gasteiger partial charge in [0.25, 0.3) is 0 Å². The predicted octanol–water partition coefficient (Wildman–Crippen LogP) is 16.1. The highest BCUT2D eigenvalue weighted by atomic mass is 32.2. The lowest BCUT2D eigenvalue weighted by atomic mass is 9.88. The van der Waals surface area contributed by atoms with Crippen molar-refractivity contribution in [3.63, 3.8) is 0 Å². The van der Waals surface area contributed by atoms with E-state index < -0.39 is 5.41 Å². The second-order valence-corrected chi connectivity index (χ2v) is 21.1. The van der Waals surface area contributed by atoms with E-state index in [-0.39, 0.29) is 37.7 Å². The van der Waals surface area contributed by atoms with Crippen LogP contribution < -0.4 is 0 Å². The normalized spacial score (nSPS) is 11.6. The van der Waals surface area contributed by atoms with Crippen molar-refractivity contribution < 1.29 is 28.6 Å². The molecule has 6 nitrogen and oxygen atoms in total. The molecule has 0 aromatic rings. The van der Waals surface area contributed by atoms with Gasteiger partial charge in [0.2, 0.25) is 0 Å². The molecule has 0 aromatic carbocycles. The van der Waals surface area contributed by atoms with Crippen LogP contribution in [0.3, 0.4) is 0 Å². The summed E-state index contributed by atoms with van der Waals surface area (Å²) in [6.45, 7) is 9.02. The Labute approximate surface area is 385 Å². The Morgan fingerprint density at radius 2 is 0.533 bits per heavy atom. The van der Waals surface area contributed by atoms with Gasteiger partial charge in [0.15, 0.2) is 0 Å². The zero-order chi connectivity index (χ0) is 43.9. The number of ether oxygens (including phenoxy) is 3.